The highest BCUT2D eigenvalue weighted by Crippen LogP contribution is 2.29. The maximum absolute atomic E-state index is 5.31. The Hall–Kier alpha value is -2.16. The molecule has 0 heterocycles. The zero-order valence-electron chi connectivity index (χ0n) is 14.8. The fraction of sp³-hybridized carbons (Fsp3) is 0.278. The van der Waals surface area contributed by atoms with Gasteiger partial charge in [0.2, 0.25) is 0 Å². The van der Waals surface area contributed by atoms with Crippen molar-refractivity contribution in [2.45, 2.75) is 6.54 Å². The Morgan fingerprint density at radius 2 is 1.72 bits per heavy atom. The third-order valence-electron chi connectivity index (χ3n) is 3.46. The van der Waals surface area contributed by atoms with E-state index in [1.165, 1.54) is 0 Å². The maximum Gasteiger partial charge on any atom is 0.195 e. The van der Waals surface area contributed by atoms with Crippen LogP contribution in [-0.2, 0) is 6.54 Å². The Balaban J connectivity index is 0.00000312. The average Bonchev–Trinajstić information content (AvgIpc) is 2.64. The van der Waals surface area contributed by atoms with Crippen molar-refractivity contribution in [2.24, 2.45) is 4.99 Å². The van der Waals surface area contributed by atoms with Crippen LogP contribution in [0.25, 0.3) is 0 Å². The molecule has 0 saturated carbocycles. The lowest BCUT2D eigenvalue weighted by molar-refractivity contribution is 0.355. The number of ether oxygens (including phenoxy) is 3. The normalized spacial score (nSPS) is 10.5. The van der Waals surface area contributed by atoms with E-state index in [9.17, 15) is 0 Å². The third kappa shape index (κ3) is 6.00. The number of halogens is 1. The predicted molar refractivity (Wildman–Crippen MR) is 112 cm³/mol. The minimum Gasteiger partial charge on any atom is -0.497 e. The van der Waals surface area contributed by atoms with Crippen LogP contribution in [0, 0.1) is 0 Å². The fourth-order valence-corrected chi connectivity index (χ4v) is 2.20. The topological polar surface area (TPSA) is 64.1 Å². The van der Waals surface area contributed by atoms with Gasteiger partial charge in [0.05, 0.1) is 21.3 Å². The third-order valence-corrected chi connectivity index (χ3v) is 3.46. The van der Waals surface area contributed by atoms with Gasteiger partial charge in [0.25, 0.3) is 0 Å². The van der Waals surface area contributed by atoms with Crippen molar-refractivity contribution in [3.8, 4) is 17.2 Å². The Morgan fingerprint density at radius 3 is 2.36 bits per heavy atom. The summed E-state index contributed by atoms with van der Waals surface area (Å²) >= 11 is 0. The number of anilines is 1. The van der Waals surface area contributed by atoms with Crippen molar-refractivity contribution < 1.29 is 14.2 Å². The number of benzene rings is 2. The first-order chi connectivity index (χ1) is 11.7. The highest BCUT2D eigenvalue weighted by atomic mass is 127. The van der Waals surface area contributed by atoms with Crippen molar-refractivity contribution in [1.82, 2.24) is 5.32 Å². The second-order valence-electron chi connectivity index (χ2n) is 4.97. The highest BCUT2D eigenvalue weighted by molar-refractivity contribution is 14.0. The highest BCUT2D eigenvalue weighted by Gasteiger charge is 2.06. The number of hydrogen-bond acceptors (Lipinski definition) is 4. The number of aliphatic imine (C=N–C) groups is 1. The fourth-order valence-electron chi connectivity index (χ4n) is 2.20. The number of methoxy groups -OCH3 is 3. The first kappa shape index (κ1) is 20.9. The Bertz CT molecular complexity index is 708. The summed E-state index contributed by atoms with van der Waals surface area (Å²) in [5.74, 6) is 2.83. The molecule has 7 heteroatoms. The van der Waals surface area contributed by atoms with Gasteiger partial charge < -0.3 is 24.8 Å². The van der Waals surface area contributed by atoms with Crippen LogP contribution in [0.3, 0.4) is 0 Å². The Kier molecular flexibility index (Phi) is 8.90. The van der Waals surface area contributed by atoms with Gasteiger partial charge in [0.1, 0.15) is 5.75 Å². The summed E-state index contributed by atoms with van der Waals surface area (Å²) in [6.45, 7) is 0.629. The molecule has 0 amide bonds. The van der Waals surface area contributed by atoms with Gasteiger partial charge in [-0.05, 0) is 29.8 Å². The van der Waals surface area contributed by atoms with Crippen LogP contribution in [0.1, 0.15) is 5.56 Å². The SMILES string of the molecule is CN=C(NCc1cccc(OC)c1)Nc1ccc(OC)c(OC)c1.I. The largest absolute Gasteiger partial charge is 0.497 e. The molecule has 0 radical (unpaired) electrons. The van der Waals surface area contributed by atoms with Crippen LogP contribution in [0.4, 0.5) is 5.69 Å². The molecule has 2 rings (SSSR count). The van der Waals surface area contributed by atoms with E-state index in [0.29, 0.717) is 24.0 Å². The lowest BCUT2D eigenvalue weighted by atomic mass is 10.2. The van der Waals surface area contributed by atoms with Crippen molar-refractivity contribution in [3.05, 3.63) is 48.0 Å². The van der Waals surface area contributed by atoms with Crippen LogP contribution < -0.4 is 24.8 Å². The number of guanidine groups is 1. The first-order valence-electron chi connectivity index (χ1n) is 7.52. The number of rotatable bonds is 6. The minimum atomic E-state index is 0. The molecule has 0 aromatic heterocycles. The van der Waals surface area contributed by atoms with E-state index in [-0.39, 0.29) is 24.0 Å². The summed E-state index contributed by atoms with van der Waals surface area (Å²) < 4.78 is 15.8. The summed E-state index contributed by atoms with van der Waals surface area (Å²) in [7, 11) is 6.60. The summed E-state index contributed by atoms with van der Waals surface area (Å²) in [5, 5.41) is 6.49. The van der Waals surface area contributed by atoms with Crippen molar-refractivity contribution >= 4 is 35.6 Å². The van der Waals surface area contributed by atoms with Crippen LogP contribution in [-0.4, -0.2) is 34.3 Å². The van der Waals surface area contributed by atoms with Gasteiger partial charge in [0.15, 0.2) is 17.5 Å². The molecule has 6 nitrogen and oxygen atoms in total. The smallest absolute Gasteiger partial charge is 0.195 e. The second kappa shape index (κ2) is 10.7. The van der Waals surface area contributed by atoms with E-state index in [1.54, 1.807) is 28.4 Å². The van der Waals surface area contributed by atoms with E-state index in [4.69, 9.17) is 14.2 Å². The van der Waals surface area contributed by atoms with E-state index >= 15 is 0 Å². The summed E-state index contributed by atoms with van der Waals surface area (Å²) in [6.07, 6.45) is 0. The molecule has 0 fully saturated rings. The molecular formula is C18H24IN3O3. The first-order valence-corrected chi connectivity index (χ1v) is 7.52. The number of hydrogen-bond donors (Lipinski definition) is 2. The standard InChI is InChI=1S/C18H23N3O3.HI/c1-19-18(20-12-13-6-5-7-15(10-13)22-2)21-14-8-9-16(23-3)17(11-14)24-4;/h5-11H,12H2,1-4H3,(H2,19,20,21);1H. The molecule has 2 aromatic rings. The van der Waals surface area contributed by atoms with Gasteiger partial charge in [-0.2, -0.15) is 0 Å². The zero-order valence-corrected chi connectivity index (χ0v) is 17.2. The second-order valence-corrected chi connectivity index (χ2v) is 4.97. The van der Waals surface area contributed by atoms with Gasteiger partial charge in [-0.25, -0.2) is 0 Å². The van der Waals surface area contributed by atoms with Crippen molar-refractivity contribution in [3.63, 3.8) is 0 Å². The number of nitrogens with one attached hydrogen (secondary N) is 2. The van der Waals surface area contributed by atoms with Gasteiger partial charge in [0, 0.05) is 25.3 Å². The van der Waals surface area contributed by atoms with E-state index in [2.05, 4.69) is 15.6 Å². The van der Waals surface area contributed by atoms with Gasteiger partial charge in [-0.3, -0.25) is 4.99 Å². The molecule has 136 valence electrons. The van der Waals surface area contributed by atoms with E-state index in [0.717, 1.165) is 17.0 Å². The Labute approximate surface area is 165 Å². The monoisotopic (exact) mass is 457 g/mol. The maximum atomic E-state index is 5.31. The van der Waals surface area contributed by atoms with Crippen LogP contribution >= 0.6 is 24.0 Å². The molecule has 0 bridgehead atoms. The van der Waals surface area contributed by atoms with Crippen LogP contribution in [0.5, 0.6) is 17.2 Å². The summed E-state index contributed by atoms with van der Waals surface area (Å²) in [4.78, 5) is 4.23. The molecule has 25 heavy (non-hydrogen) atoms. The van der Waals surface area contributed by atoms with E-state index < -0.39 is 0 Å². The van der Waals surface area contributed by atoms with Crippen LogP contribution in [0.2, 0.25) is 0 Å². The molecule has 0 unspecified atom stereocenters. The zero-order chi connectivity index (χ0) is 17.4. The molecule has 2 aromatic carbocycles. The quantitative estimate of drug-likeness (QED) is 0.395. The van der Waals surface area contributed by atoms with Crippen molar-refractivity contribution in [2.75, 3.05) is 33.7 Å². The summed E-state index contributed by atoms with van der Waals surface area (Å²) in [6, 6.07) is 13.5. The molecule has 0 aliphatic carbocycles. The molecule has 2 N–H and O–H groups in total. The lowest BCUT2D eigenvalue weighted by Gasteiger charge is -2.14. The molecule has 0 saturated heterocycles. The molecule has 0 aliphatic heterocycles. The minimum absolute atomic E-state index is 0. The predicted octanol–water partition coefficient (Wildman–Crippen LogP) is 3.52. The van der Waals surface area contributed by atoms with Crippen molar-refractivity contribution in [1.29, 1.82) is 0 Å². The molecule has 0 spiro atoms. The Morgan fingerprint density at radius 1 is 0.960 bits per heavy atom. The average molecular weight is 457 g/mol. The van der Waals surface area contributed by atoms with E-state index in [1.807, 2.05) is 42.5 Å². The van der Waals surface area contributed by atoms with Gasteiger partial charge >= 0.3 is 0 Å². The molecule has 0 aliphatic rings. The van der Waals surface area contributed by atoms with Gasteiger partial charge in [-0.15, -0.1) is 24.0 Å². The summed E-state index contributed by atoms with van der Waals surface area (Å²) in [5.41, 5.74) is 1.95. The van der Waals surface area contributed by atoms with Crippen LogP contribution in [0.15, 0.2) is 47.5 Å². The number of nitrogens with zero attached hydrogens (tertiary/aromatic N) is 1. The van der Waals surface area contributed by atoms with Gasteiger partial charge in [-0.1, -0.05) is 12.1 Å². The molecule has 0 atom stereocenters. The molecular weight excluding hydrogens is 433 g/mol. The lowest BCUT2D eigenvalue weighted by Crippen LogP contribution is -2.30.